The third-order valence-corrected chi connectivity index (χ3v) is 4.93. The monoisotopic (exact) mass is 274 g/mol. The van der Waals surface area contributed by atoms with Crippen LogP contribution in [0.25, 0.3) is 0 Å². The first-order chi connectivity index (χ1) is 9.83. The molecule has 20 heavy (non-hydrogen) atoms. The minimum Gasteiger partial charge on any atom is -0.375 e. The van der Waals surface area contributed by atoms with Crippen LogP contribution >= 0.6 is 0 Å². The van der Waals surface area contributed by atoms with Crippen LogP contribution in [-0.2, 0) is 4.74 Å². The van der Waals surface area contributed by atoms with Crippen molar-refractivity contribution in [3.63, 3.8) is 0 Å². The smallest absolute Gasteiger partial charge is 0.0686 e. The van der Waals surface area contributed by atoms with E-state index in [1.165, 1.54) is 37.7 Å². The van der Waals surface area contributed by atoms with Crippen molar-refractivity contribution in [2.45, 2.75) is 57.1 Å². The van der Waals surface area contributed by atoms with Gasteiger partial charge in [0.1, 0.15) is 0 Å². The fraction of sp³-hybridized carbons (Fsp3) is 0.706. The Balaban J connectivity index is 1.74. The molecule has 2 unspecified atom stereocenters. The van der Waals surface area contributed by atoms with Crippen molar-refractivity contribution in [3.05, 3.63) is 30.1 Å². The lowest BCUT2D eigenvalue weighted by atomic mass is 9.69. The molecule has 1 N–H and O–H groups in total. The number of pyridine rings is 1. The van der Waals surface area contributed by atoms with Gasteiger partial charge in [-0.3, -0.25) is 4.98 Å². The molecule has 0 aromatic carbocycles. The zero-order valence-corrected chi connectivity index (χ0v) is 12.5. The molecule has 2 aliphatic rings. The van der Waals surface area contributed by atoms with Crippen LogP contribution in [0.3, 0.4) is 0 Å². The van der Waals surface area contributed by atoms with Crippen LogP contribution in [0.4, 0.5) is 0 Å². The number of hydrogen-bond acceptors (Lipinski definition) is 3. The second-order valence-corrected chi connectivity index (χ2v) is 6.36. The molecule has 1 aromatic heterocycles. The predicted octanol–water partition coefficient (Wildman–Crippen LogP) is 3.47. The van der Waals surface area contributed by atoms with E-state index in [0.717, 1.165) is 19.6 Å². The highest BCUT2D eigenvalue weighted by Crippen LogP contribution is 2.47. The minimum absolute atomic E-state index is 0.220. The summed E-state index contributed by atoms with van der Waals surface area (Å²) < 4.78 is 6.08. The van der Waals surface area contributed by atoms with Gasteiger partial charge in [-0.1, -0.05) is 13.0 Å². The van der Waals surface area contributed by atoms with E-state index in [2.05, 4.69) is 29.4 Å². The second kappa shape index (κ2) is 6.23. The molecule has 1 aliphatic heterocycles. The summed E-state index contributed by atoms with van der Waals surface area (Å²) in [6, 6.07) is 4.70. The van der Waals surface area contributed by atoms with Crippen molar-refractivity contribution in [2.24, 2.45) is 5.92 Å². The average molecular weight is 274 g/mol. The van der Waals surface area contributed by atoms with Gasteiger partial charge in [0.2, 0.25) is 0 Å². The normalized spacial score (nSPS) is 26.1. The number of hydrogen-bond donors (Lipinski definition) is 1. The van der Waals surface area contributed by atoms with Gasteiger partial charge >= 0.3 is 0 Å². The van der Waals surface area contributed by atoms with Crippen molar-refractivity contribution >= 4 is 0 Å². The van der Waals surface area contributed by atoms with Crippen molar-refractivity contribution in [1.82, 2.24) is 10.3 Å². The molecule has 0 radical (unpaired) electrons. The van der Waals surface area contributed by atoms with Crippen LogP contribution in [0, 0.1) is 5.92 Å². The topological polar surface area (TPSA) is 34.2 Å². The van der Waals surface area contributed by atoms with Gasteiger partial charge in [0.25, 0.3) is 0 Å². The number of rotatable bonds is 5. The number of nitrogens with zero attached hydrogens (tertiary/aromatic N) is 1. The molecule has 3 heteroatoms. The van der Waals surface area contributed by atoms with E-state index in [0.29, 0.717) is 12.0 Å². The fourth-order valence-electron chi connectivity index (χ4n) is 3.69. The van der Waals surface area contributed by atoms with E-state index in [1.54, 1.807) is 0 Å². The maximum absolute atomic E-state index is 6.08. The van der Waals surface area contributed by atoms with E-state index >= 15 is 0 Å². The third-order valence-electron chi connectivity index (χ3n) is 4.93. The summed E-state index contributed by atoms with van der Waals surface area (Å²) in [4.78, 5) is 4.31. The predicted molar refractivity (Wildman–Crippen MR) is 80.5 cm³/mol. The van der Waals surface area contributed by atoms with E-state index in [-0.39, 0.29) is 5.60 Å². The minimum atomic E-state index is 0.220. The zero-order valence-electron chi connectivity index (χ0n) is 12.5. The largest absolute Gasteiger partial charge is 0.375 e. The van der Waals surface area contributed by atoms with Crippen molar-refractivity contribution in [1.29, 1.82) is 0 Å². The molecule has 1 saturated carbocycles. The quantitative estimate of drug-likeness (QED) is 0.892. The summed E-state index contributed by atoms with van der Waals surface area (Å²) in [5.41, 5.74) is 1.55. The number of nitrogens with one attached hydrogen (secondary N) is 1. The Kier molecular flexibility index (Phi) is 4.37. The summed E-state index contributed by atoms with van der Waals surface area (Å²) >= 11 is 0. The Morgan fingerprint density at radius 2 is 2.40 bits per heavy atom. The van der Waals surface area contributed by atoms with Gasteiger partial charge in [0.05, 0.1) is 5.60 Å². The molecule has 110 valence electrons. The summed E-state index contributed by atoms with van der Waals surface area (Å²) in [6.07, 6.45) is 11.3. The van der Waals surface area contributed by atoms with Gasteiger partial charge < -0.3 is 10.1 Å². The van der Waals surface area contributed by atoms with Gasteiger partial charge in [-0.25, -0.2) is 0 Å². The zero-order chi connectivity index (χ0) is 13.8. The van der Waals surface area contributed by atoms with E-state index in [4.69, 9.17) is 4.74 Å². The summed E-state index contributed by atoms with van der Waals surface area (Å²) in [5, 5.41) is 3.75. The van der Waals surface area contributed by atoms with Crippen LogP contribution in [0.5, 0.6) is 0 Å². The Bertz CT molecular complexity index is 416. The molecule has 1 spiro atoms. The molecular formula is C17H26N2O. The number of ether oxygens (including phenoxy) is 1. The molecule has 2 atom stereocenters. The summed E-state index contributed by atoms with van der Waals surface area (Å²) in [6.45, 7) is 4.23. The van der Waals surface area contributed by atoms with E-state index < -0.39 is 0 Å². The highest BCUT2D eigenvalue weighted by Gasteiger charge is 2.44. The molecular weight excluding hydrogens is 248 g/mol. The van der Waals surface area contributed by atoms with Crippen LogP contribution < -0.4 is 5.32 Å². The van der Waals surface area contributed by atoms with Crippen LogP contribution in [-0.4, -0.2) is 23.7 Å². The molecule has 3 rings (SSSR count). The molecule has 2 fully saturated rings. The van der Waals surface area contributed by atoms with Gasteiger partial charge in [0.15, 0.2) is 0 Å². The van der Waals surface area contributed by atoms with Crippen molar-refractivity contribution in [2.75, 3.05) is 13.2 Å². The van der Waals surface area contributed by atoms with Gasteiger partial charge in [0, 0.05) is 25.0 Å². The third kappa shape index (κ3) is 2.89. The first-order valence-electron chi connectivity index (χ1n) is 8.10. The maximum atomic E-state index is 6.08. The fourth-order valence-corrected chi connectivity index (χ4v) is 3.69. The van der Waals surface area contributed by atoms with Gasteiger partial charge in [-0.15, -0.1) is 0 Å². The standard InChI is InChI=1S/C17H26N2O/c1-2-9-19-16(15-5-3-10-18-13-15)14-6-11-20-17(12-14)7-4-8-17/h3,5,10,13-14,16,19H,2,4,6-9,11-12H2,1H3. The Hall–Kier alpha value is -0.930. The summed E-state index contributed by atoms with van der Waals surface area (Å²) in [5.74, 6) is 0.680. The molecule has 2 heterocycles. The summed E-state index contributed by atoms with van der Waals surface area (Å²) in [7, 11) is 0. The second-order valence-electron chi connectivity index (χ2n) is 6.36. The van der Waals surface area contributed by atoms with Crippen LogP contribution in [0.15, 0.2) is 24.5 Å². The average Bonchev–Trinajstić information content (AvgIpc) is 2.47. The maximum Gasteiger partial charge on any atom is 0.0686 e. The highest BCUT2D eigenvalue weighted by atomic mass is 16.5. The van der Waals surface area contributed by atoms with Crippen molar-refractivity contribution in [3.8, 4) is 0 Å². The van der Waals surface area contributed by atoms with Crippen LogP contribution in [0.2, 0.25) is 0 Å². The molecule has 1 aliphatic carbocycles. The Morgan fingerprint density at radius 3 is 3.05 bits per heavy atom. The molecule has 1 saturated heterocycles. The lowest BCUT2D eigenvalue weighted by molar-refractivity contribution is -0.147. The Morgan fingerprint density at radius 1 is 1.50 bits per heavy atom. The van der Waals surface area contributed by atoms with Gasteiger partial charge in [-0.2, -0.15) is 0 Å². The Labute approximate surface area is 122 Å². The lowest BCUT2D eigenvalue weighted by Crippen LogP contribution is -2.48. The van der Waals surface area contributed by atoms with Crippen LogP contribution in [0.1, 0.15) is 57.1 Å². The SMILES string of the molecule is CCCNC(c1cccnc1)C1CCOC2(CCC2)C1. The lowest BCUT2D eigenvalue weighted by Gasteiger charge is -2.49. The molecule has 0 amide bonds. The molecule has 1 aromatic rings. The first kappa shape index (κ1) is 14.0. The van der Waals surface area contributed by atoms with Gasteiger partial charge in [-0.05, 0) is 62.6 Å². The highest BCUT2D eigenvalue weighted by molar-refractivity contribution is 5.16. The van der Waals surface area contributed by atoms with E-state index in [1.807, 2.05) is 12.4 Å². The first-order valence-corrected chi connectivity index (χ1v) is 8.10. The number of aromatic nitrogens is 1. The molecule has 3 nitrogen and oxygen atoms in total. The molecule has 0 bridgehead atoms. The van der Waals surface area contributed by atoms with Crippen molar-refractivity contribution < 1.29 is 4.74 Å². The van der Waals surface area contributed by atoms with E-state index in [9.17, 15) is 0 Å².